The number of benzene rings is 1. The third kappa shape index (κ3) is 6.70. The van der Waals surface area contributed by atoms with Gasteiger partial charge in [-0.1, -0.05) is 0 Å². The summed E-state index contributed by atoms with van der Waals surface area (Å²) in [5, 5.41) is 6.16. The van der Waals surface area contributed by atoms with E-state index in [1.807, 2.05) is 20.8 Å². The van der Waals surface area contributed by atoms with Crippen LogP contribution in [0, 0.1) is 17.2 Å². The first kappa shape index (κ1) is 32.9. The van der Waals surface area contributed by atoms with Crippen molar-refractivity contribution in [2.24, 2.45) is 11.3 Å². The van der Waals surface area contributed by atoms with Gasteiger partial charge in [-0.15, -0.1) is 0 Å². The van der Waals surface area contributed by atoms with Gasteiger partial charge in [0, 0.05) is 50.7 Å². The van der Waals surface area contributed by atoms with Gasteiger partial charge in [0.05, 0.1) is 11.8 Å². The maximum absolute atomic E-state index is 14.3. The van der Waals surface area contributed by atoms with Gasteiger partial charge in [0.1, 0.15) is 29.3 Å². The van der Waals surface area contributed by atoms with Crippen molar-refractivity contribution in [1.29, 1.82) is 0 Å². The number of anilines is 3. The average Bonchev–Trinajstić information content (AvgIpc) is 3.06. The summed E-state index contributed by atoms with van der Waals surface area (Å²) < 4.78 is 20.5. The summed E-state index contributed by atoms with van der Waals surface area (Å²) in [5.74, 6) is 1.29. The van der Waals surface area contributed by atoms with Crippen LogP contribution >= 0.6 is 0 Å². The normalized spacial score (nSPS) is 21.1. The molecule has 11 nitrogen and oxygen atoms in total. The predicted octanol–water partition coefficient (Wildman–Crippen LogP) is 4.49. The fourth-order valence-corrected chi connectivity index (χ4v) is 7.66. The molecule has 1 spiro atoms. The molecule has 0 bridgehead atoms. The molecule has 3 heterocycles. The molecule has 0 atom stereocenters. The number of carbonyl (C=O) groups is 1. The molecule has 2 aromatic carbocycles. The zero-order valence-corrected chi connectivity index (χ0v) is 27.9. The molecule has 0 radical (unpaired) electrons. The lowest BCUT2D eigenvalue weighted by molar-refractivity contribution is 0.0623. The molecule has 6 rings (SSSR count). The third-order valence-electron chi connectivity index (χ3n) is 10.4. The summed E-state index contributed by atoms with van der Waals surface area (Å²) in [6.45, 7) is 11.3. The van der Waals surface area contributed by atoms with E-state index in [4.69, 9.17) is 4.74 Å². The standard InChI is InChI=1S/C35H46FN7O4/c1-5-43(22(2)3)34(46)26-16-24(36)8-11-27(26)47-28-17-38-21-39-33(28)42-19-35(20-42)12-14-41(15-13-35)18-23-6-9-25(10-7-23)40-30-29(37-4)31(44)32(30)45/h8,11,16-17,21-23,25,37,40H,5-7,9-10,12-15,18-20H2,1-4H3/t23-,25-. The molecule has 2 saturated heterocycles. The zero-order chi connectivity index (χ0) is 33.3. The quantitative estimate of drug-likeness (QED) is 0.288. The van der Waals surface area contributed by atoms with Crippen molar-refractivity contribution < 1.29 is 13.9 Å². The minimum absolute atomic E-state index is 0.0378. The molecule has 0 unspecified atom stereocenters. The first-order valence-electron chi connectivity index (χ1n) is 16.9. The van der Waals surface area contributed by atoms with Crippen LogP contribution in [0.1, 0.15) is 69.7 Å². The Morgan fingerprint density at radius 2 is 1.79 bits per heavy atom. The second kappa shape index (κ2) is 13.6. The van der Waals surface area contributed by atoms with Gasteiger partial charge in [0.2, 0.25) is 0 Å². The molecule has 3 aromatic rings. The van der Waals surface area contributed by atoms with Gasteiger partial charge < -0.3 is 30.1 Å². The average molecular weight is 648 g/mol. The Morgan fingerprint density at radius 1 is 1.09 bits per heavy atom. The highest BCUT2D eigenvalue weighted by Gasteiger charge is 2.46. The molecule has 1 saturated carbocycles. The largest absolute Gasteiger partial charge is 0.451 e. The van der Waals surface area contributed by atoms with Crippen molar-refractivity contribution in [2.45, 2.75) is 71.4 Å². The Morgan fingerprint density at radius 3 is 2.45 bits per heavy atom. The van der Waals surface area contributed by atoms with E-state index < -0.39 is 16.7 Å². The second-order valence-corrected chi connectivity index (χ2v) is 13.8. The molecule has 3 fully saturated rings. The molecule has 12 heteroatoms. The number of nitrogens with zero attached hydrogens (tertiary/aromatic N) is 5. The number of carbonyl (C=O) groups excluding carboxylic acids is 1. The van der Waals surface area contributed by atoms with Crippen molar-refractivity contribution >= 4 is 23.1 Å². The van der Waals surface area contributed by atoms with Crippen LogP contribution < -0.4 is 31.1 Å². The number of ether oxygens (including phenoxy) is 1. The van der Waals surface area contributed by atoms with Crippen LogP contribution in [-0.2, 0) is 0 Å². The first-order valence-corrected chi connectivity index (χ1v) is 16.9. The van der Waals surface area contributed by atoms with E-state index in [2.05, 4.69) is 30.4 Å². The van der Waals surface area contributed by atoms with Crippen LogP contribution in [-0.4, -0.2) is 84.1 Å². The van der Waals surface area contributed by atoms with Gasteiger partial charge in [-0.2, -0.15) is 0 Å². The van der Waals surface area contributed by atoms with Gasteiger partial charge in [-0.25, -0.2) is 14.4 Å². The van der Waals surface area contributed by atoms with Crippen LogP contribution in [0.3, 0.4) is 0 Å². The van der Waals surface area contributed by atoms with Crippen molar-refractivity contribution in [1.82, 2.24) is 19.8 Å². The van der Waals surface area contributed by atoms with E-state index in [9.17, 15) is 18.8 Å². The molecule has 252 valence electrons. The second-order valence-electron chi connectivity index (χ2n) is 13.8. The smallest absolute Gasteiger partial charge is 0.257 e. The Hall–Kier alpha value is -4.06. The molecule has 2 N–H and O–H groups in total. The summed E-state index contributed by atoms with van der Waals surface area (Å²) in [7, 11) is 1.67. The molecular weight excluding hydrogens is 601 g/mol. The maximum Gasteiger partial charge on any atom is 0.257 e. The molecule has 1 aromatic heterocycles. The summed E-state index contributed by atoms with van der Waals surface area (Å²) in [6, 6.07) is 4.24. The number of halogens is 1. The van der Waals surface area contributed by atoms with E-state index in [0.29, 0.717) is 35.4 Å². The fourth-order valence-electron chi connectivity index (χ4n) is 7.66. The Labute approximate surface area is 275 Å². The number of amides is 1. The number of nitrogens with one attached hydrogen (secondary N) is 2. The number of likely N-dealkylation sites (tertiary alicyclic amines) is 1. The predicted molar refractivity (Wildman–Crippen MR) is 181 cm³/mol. The SMILES string of the molecule is CCN(C(=O)c1cc(F)ccc1Oc1cncnc1N1CC2(CCN(C[C@H]3CC[C@H](Nc4c(NC)c(=O)c4=O)CC3)CC2)C1)C(C)C. The summed E-state index contributed by atoms with van der Waals surface area (Å²) in [4.78, 5) is 52.2. The Kier molecular flexibility index (Phi) is 9.50. The lowest BCUT2D eigenvalue weighted by Crippen LogP contribution is -2.61. The first-order chi connectivity index (χ1) is 22.6. The number of piperidine rings is 1. The van der Waals surface area contributed by atoms with Gasteiger partial charge >= 0.3 is 0 Å². The maximum atomic E-state index is 14.3. The zero-order valence-electron chi connectivity index (χ0n) is 27.9. The minimum atomic E-state index is -0.493. The van der Waals surface area contributed by atoms with E-state index >= 15 is 0 Å². The Balaban J connectivity index is 1.01. The van der Waals surface area contributed by atoms with Crippen LogP contribution in [0.15, 0.2) is 40.3 Å². The van der Waals surface area contributed by atoms with Crippen LogP contribution in [0.4, 0.5) is 21.6 Å². The summed E-state index contributed by atoms with van der Waals surface area (Å²) in [5.41, 5.74) is 0.453. The molecule has 47 heavy (non-hydrogen) atoms. The van der Waals surface area contributed by atoms with E-state index in [1.165, 1.54) is 24.5 Å². The van der Waals surface area contributed by atoms with E-state index in [0.717, 1.165) is 71.2 Å². The third-order valence-corrected chi connectivity index (χ3v) is 10.4. The minimum Gasteiger partial charge on any atom is -0.451 e. The topological polar surface area (TPSA) is 120 Å². The van der Waals surface area contributed by atoms with E-state index in [1.54, 1.807) is 18.1 Å². The highest BCUT2D eigenvalue weighted by atomic mass is 19.1. The summed E-state index contributed by atoms with van der Waals surface area (Å²) >= 11 is 0. The molecule has 1 amide bonds. The Bertz CT molecular complexity index is 1650. The van der Waals surface area contributed by atoms with Crippen LogP contribution in [0.25, 0.3) is 0 Å². The highest BCUT2D eigenvalue weighted by Crippen LogP contribution is 2.45. The molecule has 3 aliphatic rings. The van der Waals surface area contributed by atoms with Crippen LogP contribution in [0.2, 0.25) is 0 Å². The molecule has 1 aliphatic carbocycles. The lowest BCUT2D eigenvalue weighted by atomic mass is 9.71. The fraction of sp³-hybridized carbons (Fsp3) is 0.571. The number of hydrogen-bond acceptors (Lipinski definition) is 10. The van der Waals surface area contributed by atoms with Crippen molar-refractivity contribution in [2.75, 3.05) is 61.8 Å². The molecule has 2 aliphatic heterocycles. The van der Waals surface area contributed by atoms with Gasteiger partial charge in [0.25, 0.3) is 16.8 Å². The lowest BCUT2D eigenvalue weighted by Gasteiger charge is -2.54. The van der Waals surface area contributed by atoms with Crippen molar-refractivity contribution in [3.05, 3.63) is 62.6 Å². The number of hydrogen-bond donors (Lipinski definition) is 2. The monoisotopic (exact) mass is 647 g/mol. The van der Waals surface area contributed by atoms with Crippen LogP contribution in [0.5, 0.6) is 11.5 Å². The van der Waals surface area contributed by atoms with Crippen molar-refractivity contribution in [3.8, 4) is 11.5 Å². The number of rotatable bonds is 11. The molecular formula is C35H46FN7O4. The van der Waals surface area contributed by atoms with E-state index in [-0.39, 0.29) is 34.7 Å². The number of aromatic nitrogens is 2. The van der Waals surface area contributed by atoms with Gasteiger partial charge in [-0.05, 0) is 96.5 Å². The summed E-state index contributed by atoms with van der Waals surface area (Å²) in [6.07, 6.45) is 9.60. The highest BCUT2D eigenvalue weighted by molar-refractivity contribution is 5.97. The van der Waals surface area contributed by atoms with Gasteiger partial charge in [0.15, 0.2) is 11.6 Å². The van der Waals surface area contributed by atoms with Crippen molar-refractivity contribution in [3.63, 3.8) is 0 Å². The van der Waals surface area contributed by atoms with Gasteiger partial charge in [-0.3, -0.25) is 14.4 Å².